The molecule has 0 spiro atoms. The highest BCUT2D eigenvalue weighted by Crippen LogP contribution is 2.26. The van der Waals surface area contributed by atoms with E-state index in [0.29, 0.717) is 12.0 Å². The third-order valence-electron chi connectivity index (χ3n) is 2.17. The van der Waals surface area contributed by atoms with Crippen molar-refractivity contribution in [1.29, 1.82) is 0 Å². The van der Waals surface area contributed by atoms with E-state index in [1.54, 1.807) is 6.92 Å². The number of aromatic carboxylic acids is 1. The van der Waals surface area contributed by atoms with Crippen molar-refractivity contribution in [2.75, 3.05) is 6.26 Å². The van der Waals surface area contributed by atoms with E-state index >= 15 is 0 Å². The Morgan fingerprint density at radius 2 is 2.00 bits per heavy atom. The molecular weight excluding hydrogens is 252 g/mol. The Balaban J connectivity index is 3.58. The van der Waals surface area contributed by atoms with E-state index in [1.165, 1.54) is 6.07 Å². The molecule has 1 aromatic rings. The summed E-state index contributed by atoms with van der Waals surface area (Å²) in [5.74, 6) is -1.15. The number of sulfone groups is 1. The molecule has 1 N–H and O–H groups in total. The van der Waals surface area contributed by atoms with Gasteiger partial charge in [0.25, 0.3) is 0 Å². The molecule has 0 heterocycles. The van der Waals surface area contributed by atoms with E-state index in [4.69, 9.17) is 16.7 Å². The maximum absolute atomic E-state index is 11.4. The Morgan fingerprint density at radius 1 is 1.44 bits per heavy atom. The molecular formula is C10H11ClO4S. The van der Waals surface area contributed by atoms with Gasteiger partial charge in [-0.2, -0.15) is 0 Å². The molecule has 0 aromatic heterocycles. The molecule has 0 unspecified atom stereocenters. The van der Waals surface area contributed by atoms with Gasteiger partial charge in [0.15, 0.2) is 9.84 Å². The summed E-state index contributed by atoms with van der Waals surface area (Å²) in [5.41, 5.74) is 0.497. The first-order valence-corrected chi connectivity index (χ1v) is 6.80. The van der Waals surface area contributed by atoms with Crippen LogP contribution in [0.2, 0.25) is 5.02 Å². The number of halogens is 1. The monoisotopic (exact) mass is 262 g/mol. The van der Waals surface area contributed by atoms with Gasteiger partial charge in [-0.05, 0) is 24.1 Å². The predicted molar refractivity (Wildman–Crippen MR) is 60.9 cm³/mol. The second-order valence-corrected chi connectivity index (χ2v) is 5.76. The summed E-state index contributed by atoms with van der Waals surface area (Å²) in [6.07, 6.45) is 1.47. The van der Waals surface area contributed by atoms with Crippen molar-refractivity contribution < 1.29 is 18.3 Å². The molecule has 1 rings (SSSR count). The van der Waals surface area contributed by atoms with Gasteiger partial charge in [0.05, 0.1) is 15.5 Å². The van der Waals surface area contributed by atoms with Gasteiger partial charge in [-0.25, -0.2) is 13.2 Å². The third-order valence-corrected chi connectivity index (χ3v) is 3.73. The summed E-state index contributed by atoms with van der Waals surface area (Å²) in [7, 11) is -3.51. The van der Waals surface area contributed by atoms with Gasteiger partial charge in [-0.3, -0.25) is 0 Å². The summed E-state index contributed by atoms with van der Waals surface area (Å²) < 4.78 is 22.7. The Bertz CT molecular complexity index is 534. The van der Waals surface area contributed by atoms with Crippen molar-refractivity contribution in [2.24, 2.45) is 0 Å². The number of hydrogen-bond donors (Lipinski definition) is 1. The molecule has 0 bridgehead atoms. The molecule has 0 aliphatic rings. The fourth-order valence-corrected chi connectivity index (χ4v) is 2.72. The van der Waals surface area contributed by atoms with E-state index in [9.17, 15) is 13.2 Å². The largest absolute Gasteiger partial charge is 0.478 e. The molecule has 0 fully saturated rings. The lowest BCUT2D eigenvalue weighted by Gasteiger charge is -2.08. The summed E-state index contributed by atoms with van der Waals surface area (Å²) in [6, 6.07) is 2.50. The van der Waals surface area contributed by atoms with Crippen LogP contribution in [0.25, 0.3) is 0 Å². The molecule has 6 heteroatoms. The quantitative estimate of drug-likeness (QED) is 0.904. The number of benzene rings is 1. The second kappa shape index (κ2) is 4.43. The predicted octanol–water partition coefficient (Wildman–Crippen LogP) is 2.00. The van der Waals surface area contributed by atoms with Crippen LogP contribution in [-0.4, -0.2) is 25.7 Å². The van der Waals surface area contributed by atoms with Crippen molar-refractivity contribution in [3.63, 3.8) is 0 Å². The molecule has 88 valence electrons. The Hall–Kier alpha value is -1.07. The van der Waals surface area contributed by atoms with Crippen LogP contribution in [0.3, 0.4) is 0 Å². The summed E-state index contributed by atoms with van der Waals surface area (Å²) in [5, 5.41) is 9.00. The van der Waals surface area contributed by atoms with Crippen LogP contribution in [0.4, 0.5) is 0 Å². The fourth-order valence-electron chi connectivity index (χ4n) is 1.37. The van der Waals surface area contributed by atoms with E-state index < -0.39 is 15.8 Å². The van der Waals surface area contributed by atoms with E-state index in [2.05, 4.69) is 0 Å². The number of hydrogen-bond acceptors (Lipinski definition) is 3. The molecule has 0 saturated heterocycles. The van der Waals surface area contributed by atoms with Crippen LogP contribution < -0.4 is 0 Å². The number of carboxylic acid groups (broad SMARTS) is 1. The first-order chi connectivity index (χ1) is 7.27. The highest BCUT2D eigenvalue weighted by molar-refractivity contribution is 7.90. The van der Waals surface area contributed by atoms with E-state index in [0.717, 1.165) is 12.3 Å². The topological polar surface area (TPSA) is 71.4 Å². The molecule has 0 saturated carbocycles. The zero-order valence-electron chi connectivity index (χ0n) is 8.82. The van der Waals surface area contributed by atoms with Crippen molar-refractivity contribution in [3.8, 4) is 0 Å². The molecule has 0 aliphatic carbocycles. The van der Waals surface area contributed by atoms with Crippen LogP contribution in [-0.2, 0) is 16.3 Å². The Morgan fingerprint density at radius 3 is 2.38 bits per heavy atom. The van der Waals surface area contributed by atoms with Crippen molar-refractivity contribution in [3.05, 3.63) is 28.3 Å². The Kier molecular flexibility index (Phi) is 3.60. The smallest absolute Gasteiger partial charge is 0.336 e. The first kappa shape index (κ1) is 13.0. The summed E-state index contributed by atoms with van der Waals surface area (Å²) in [6.45, 7) is 1.78. The van der Waals surface area contributed by atoms with Gasteiger partial charge in [0, 0.05) is 6.26 Å². The molecule has 4 nitrogen and oxygen atoms in total. The van der Waals surface area contributed by atoms with Crippen molar-refractivity contribution in [1.82, 2.24) is 0 Å². The van der Waals surface area contributed by atoms with E-state index in [1.807, 2.05) is 0 Å². The maximum atomic E-state index is 11.4. The highest BCUT2D eigenvalue weighted by atomic mass is 35.5. The van der Waals surface area contributed by atoms with Gasteiger partial charge in [0.2, 0.25) is 0 Å². The molecule has 0 atom stereocenters. The van der Waals surface area contributed by atoms with Crippen LogP contribution >= 0.6 is 11.6 Å². The van der Waals surface area contributed by atoms with Crippen LogP contribution in [0.5, 0.6) is 0 Å². The van der Waals surface area contributed by atoms with Crippen LogP contribution in [0.1, 0.15) is 22.8 Å². The first-order valence-electron chi connectivity index (χ1n) is 4.53. The third kappa shape index (κ3) is 2.54. The minimum Gasteiger partial charge on any atom is -0.478 e. The highest BCUT2D eigenvalue weighted by Gasteiger charge is 2.18. The average Bonchev–Trinajstić information content (AvgIpc) is 2.14. The SMILES string of the molecule is CCc1cc(Cl)c(S(C)(=O)=O)cc1C(=O)O. The number of carbonyl (C=O) groups is 1. The zero-order valence-corrected chi connectivity index (χ0v) is 10.4. The fraction of sp³-hybridized carbons (Fsp3) is 0.300. The molecule has 1 aromatic carbocycles. The van der Waals surface area contributed by atoms with Crippen LogP contribution in [0, 0.1) is 0 Å². The summed E-state index contributed by atoms with van der Waals surface area (Å²) in [4.78, 5) is 10.8. The van der Waals surface area contributed by atoms with Gasteiger partial charge < -0.3 is 5.11 Å². The molecule has 0 amide bonds. The number of carboxylic acids is 1. The lowest BCUT2D eigenvalue weighted by Crippen LogP contribution is -2.06. The van der Waals surface area contributed by atoms with E-state index in [-0.39, 0.29) is 15.5 Å². The van der Waals surface area contributed by atoms with Gasteiger partial charge in [0.1, 0.15) is 0 Å². The minimum absolute atomic E-state index is 0.0210. The minimum atomic E-state index is -3.51. The zero-order chi connectivity index (χ0) is 12.5. The van der Waals surface area contributed by atoms with Gasteiger partial charge in [-0.1, -0.05) is 18.5 Å². The maximum Gasteiger partial charge on any atom is 0.336 e. The van der Waals surface area contributed by atoms with Gasteiger partial charge >= 0.3 is 5.97 Å². The molecule has 16 heavy (non-hydrogen) atoms. The van der Waals surface area contributed by atoms with Gasteiger partial charge in [-0.15, -0.1) is 0 Å². The Labute approximate surface area is 98.8 Å². The standard InChI is InChI=1S/C10H11ClO4S/c1-3-6-4-8(11)9(16(2,14)15)5-7(6)10(12)13/h4-5H,3H2,1-2H3,(H,12,13). The van der Waals surface area contributed by atoms with Crippen molar-refractivity contribution >= 4 is 27.4 Å². The molecule has 0 radical (unpaired) electrons. The van der Waals surface area contributed by atoms with Crippen LogP contribution in [0.15, 0.2) is 17.0 Å². The lowest BCUT2D eigenvalue weighted by atomic mass is 10.1. The summed E-state index contributed by atoms with van der Waals surface area (Å²) >= 11 is 5.80. The normalized spacial score (nSPS) is 11.4. The lowest BCUT2D eigenvalue weighted by molar-refractivity contribution is 0.0695. The number of aryl methyl sites for hydroxylation is 1. The molecule has 0 aliphatic heterocycles. The number of rotatable bonds is 3. The second-order valence-electron chi connectivity index (χ2n) is 3.37. The average molecular weight is 263 g/mol. The van der Waals surface area contributed by atoms with Crippen molar-refractivity contribution in [2.45, 2.75) is 18.2 Å².